The fourth-order valence-electron chi connectivity index (χ4n) is 2.10. The molecular weight excluding hydrogens is 238 g/mol. The average molecular weight is 254 g/mol. The van der Waals surface area contributed by atoms with E-state index in [1.165, 1.54) is 6.07 Å². The molecular formula is C13H16F2N2O. The second kappa shape index (κ2) is 5.44. The molecule has 0 spiro atoms. The molecule has 1 saturated heterocycles. The van der Waals surface area contributed by atoms with E-state index in [1.54, 1.807) is 0 Å². The second-order valence-electron chi connectivity index (χ2n) is 4.67. The van der Waals surface area contributed by atoms with Crippen molar-refractivity contribution in [1.82, 2.24) is 10.6 Å². The molecule has 3 nitrogen and oxygen atoms in total. The van der Waals surface area contributed by atoms with Crippen molar-refractivity contribution in [1.29, 1.82) is 0 Å². The van der Waals surface area contributed by atoms with Gasteiger partial charge in [-0.25, -0.2) is 8.78 Å². The first kappa shape index (κ1) is 13.0. The minimum absolute atomic E-state index is 0.0179. The van der Waals surface area contributed by atoms with Gasteiger partial charge in [-0.15, -0.1) is 0 Å². The molecule has 0 bridgehead atoms. The zero-order valence-corrected chi connectivity index (χ0v) is 10.2. The molecule has 2 rings (SSSR count). The summed E-state index contributed by atoms with van der Waals surface area (Å²) in [5, 5.41) is 5.96. The summed E-state index contributed by atoms with van der Waals surface area (Å²) in [5.41, 5.74) is -0.117. The van der Waals surface area contributed by atoms with Crippen LogP contribution in [0.3, 0.4) is 0 Å². The third kappa shape index (κ3) is 2.85. The molecule has 1 fully saturated rings. The van der Waals surface area contributed by atoms with Gasteiger partial charge < -0.3 is 10.6 Å². The van der Waals surface area contributed by atoms with Crippen LogP contribution < -0.4 is 10.6 Å². The summed E-state index contributed by atoms with van der Waals surface area (Å²) >= 11 is 0. The first-order valence-corrected chi connectivity index (χ1v) is 6.04. The molecule has 0 unspecified atom stereocenters. The highest BCUT2D eigenvalue weighted by Gasteiger charge is 2.24. The molecule has 5 heteroatoms. The highest BCUT2D eigenvalue weighted by Crippen LogP contribution is 2.14. The van der Waals surface area contributed by atoms with E-state index in [0.29, 0.717) is 12.5 Å². The number of piperidine rings is 1. The lowest BCUT2D eigenvalue weighted by Crippen LogP contribution is -2.50. The largest absolute Gasteiger partial charge is 0.348 e. The van der Waals surface area contributed by atoms with E-state index in [9.17, 15) is 13.6 Å². The van der Waals surface area contributed by atoms with Crippen LogP contribution in [0.2, 0.25) is 0 Å². The summed E-state index contributed by atoms with van der Waals surface area (Å²) < 4.78 is 26.2. The monoisotopic (exact) mass is 254 g/mol. The molecule has 2 N–H and O–H groups in total. The third-order valence-corrected chi connectivity index (χ3v) is 3.32. The molecule has 0 aliphatic carbocycles. The zero-order chi connectivity index (χ0) is 13.1. The summed E-state index contributed by atoms with van der Waals surface area (Å²) in [7, 11) is 0. The van der Waals surface area contributed by atoms with Gasteiger partial charge in [0, 0.05) is 18.7 Å². The predicted molar refractivity (Wildman–Crippen MR) is 64.3 cm³/mol. The number of nitrogens with one attached hydrogen (secondary N) is 2. The molecule has 1 heterocycles. The summed E-state index contributed by atoms with van der Waals surface area (Å²) in [6.07, 6.45) is 0.969. The first-order chi connectivity index (χ1) is 8.58. The van der Waals surface area contributed by atoms with Crippen LogP contribution in [0.4, 0.5) is 8.78 Å². The average Bonchev–Trinajstić information content (AvgIpc) is 2.32. The van der Waals surface area contributed by atoms with Gasteiger partial charge in [0.05, 0.1) is 5.56 Å². The summed E-state index contributed by atoms with van der Waals surface area (Å²) in [6.45, 7) is 3.65. The second-order valence-corrected chi connectivity index (χ2v) is 4.67. The van der Waals surface area contributed by atoms with E-state index in [-0.39, 0.29) is 11.6 Å². The molecule has 0 saturated carbocycles. The third-order valence-electron chi connectivity index (χ3n) is 3.32. The van der Waals surface area contributed by atoms with Gasteiger partial charge in [-0.05, 0) is 31.0 Å². The van der Waals surface area contributed by atoms with Crippen molar-refractivity contribution in [3.63, 3.8) is 0 Å². The fraction of sp³-hybridized carbons (Fsp3) is 0.462. The van der Waals surface area contributed by atoms with Crippen LogP contribution in [-0.4, -0.2) is 25.0 Å². The van der Waals surface area contributed by atoms with Gasteiger partial charge in [0.15, 0.2) is 0 Å². The number of carbonyl (C=O) groups excluding carboxylic acids is 1. The normalized spacial score (nSPS) is 23.7. The standard InChI is InChI=1S/C13H16F2N2O/c1-8-4-5-16-7-12(8)17-13(18)10-3-2-9(14)6-11(10)15/h2-3,6,8,12,16H,4-5,7H2,1H3,(H,17,18)/t8-,12+/m1/s1. The summed E-state index contributed by atoms with van der Waals surface area (Å²) in [5.74, 6) is -1.66. The number of hydrogen-bond donors (Lipinski definition) is 2. The van der Waals surface area contributed by atoms with E-state index in [0.717, 1.165) is 25.1 Å². The number of rotatable bonds is 2. The molecule has 98 valence electrons. The van der Waals surface area contributed by atoms with Crippen molar-refractivity contribution < 1.29 is 13.6 Å². The van der Waals surface area contributed by atoms with Gasteiger partial charge >= 0.3 is 0 Å². The van der Waals surface area contributed by atoms with E-state index in [4.69, 9.17) is 0 Å². The summed E-state index contributed by atoms with van der Waals surface area (Å²) in [6, 6.07) is 2.95. The van der Waals surface area contributed by atoms with E-state index >= 15 is 0 Å². The van der Waals surface area contributed by atoms with Crippen molar-refractivity contribution in [3.8, 4) is 0 Å². The number of benzene rings is 1. The number of carbonyl (C=O) groups is 1. The quantitative estimate of drug-likeness (QED) is 0.843. The Balaban J connectivity index is 2.07. The molecule has 1 aliphatic rings. The molecule has 1 aliphatic heterocycles. The number of hydrogen-bond acceptors (Lipinski definition) is 2. The SMILES string of the molecule is C[C@@H]1CCNC[C@@H]1NC(=O)c1ccc(F)cc1F. The lowest BCUT2D eigenvalue weighted by atomic mass is 9.94. The van der Waals surface area contributed by atoms with Crippen molar-refractivity contribution >= 4 is 5.91 Å². The minimum atomic E-state index is -0.830. The number of amides is 1. The minimum Gasteiger partial charge on any atom is -0.348 e. The van der Waals surface area contributed by atoms with Crippen molar-refractivity contribution in [2.24, 2.45) is 5.92 Å². The van der Waals surface area contributed by atoms with Crippen LogP contribution in [0.25, 0.3) is 0 Å². The van der Waals surface area contributed by atoms with Crippen LogP contribution in [0, 0.1) is 17.6 Å². The Morgan fingerprint density at radius 2 is 2.22 bits per heavy atom. The van der Waals surface area contributed by atoms with Crippen molar-refractivity contribution in [3.05, 3.63) is 35.4 Å². The van der Waals surface area contributed by atoms with Gasteiger partial charge in [-0.1, -0.05) is 6.92 Å². The Morgan fingerprint density at radius 1 is 1.44 bits per heavy atom. The van der Waals surface area contributed by atoms with E-state index in [1.807, 2.05) is 6.92 Å². The molecule has 1 aromatic carbocycles. The van der Waals surface area contributed by atoms with Gasteiger partial charge in [-0.2, -0.15) is 0 Å². The Bertz CT molecular complexity index is 451. The Morgan fingerprint density at radius 3 is 2.89 bits per heavy atom. The van der Waals surface area contributed by atoms with Crippen LogP contribution in [0.1, 0.15) is 23.7 Å². The lowest BCUT2D eigenvalue weighted by Gasteiger charge is -2.30. The Kier molecular flexibility index (Phi) is 3.91. The van der Waals surface area contributed by atoms with E-state index < -0.39 is 17.5 Å². The van der Waals surface area contributed by atoms with Crippen LogP contribution >= 0.6 is 0 Å². The molecule has 0 aromatic heterocycles. The van der Waals surface area contributed by atoms with Crippen molar-refractivity contribution in [2.75, 3.05) is 13.1 Å². The predicted octanol–water partition coefficient (Wildman–Crippen LogP) is 1.69. The zero-order valence-electron chi connectivity index (χ0n) is 10.2. The molecule has 1 aromatic rings. The first-order valence-electron chi connectivity index (χ1n) is 6.04. The maximum Gasteiger partial charge on any atom is 0.254 e. The highest BCUT2D eigenvalue weighted by molar-refractivity contribution is 5.94. The maximum absolute atomic E-state index is 13.4. The fourth-order valence-corrected chi connectivity index (χ4v) is 2.10. The molecule has 18 heavy (non-hydrogen) atoms. The topological polar surface area (TPSA) is 41.1 Å². The van der Waals surface area contributed by atoms with E-state index in [2.05, 4.69) is 10.6 Å². The van der Waals surface area contributed by atoms with Crippen molar-refractivity contribution in [2.45, 2.75) is 19.4 Å². The van der Waals surface area contributed by atoms with Gasteiger partial charge in [0.2, 0.25) is 0 Å². The number of halogens is 2. The van der Waals surface area contributed by atoms with Gasteiger partial charge in [-0.3, -0.25) is 4.79 Å². The van der Waals surface area contributed by atoms with Crippen LogP contribution in [0.5, 0.6) is 0 Å². The molecule has 0 radical (unpaired) electrons. The van der Waals surface area contributed by atoms with Crippen LogP contribution in [0.15, 0.2) is 18.2 Å². The molecule has 2 atom stereocenters. The maximum atomic E-state index is 13.4. The highest BCUT2D eigenvalue weighted by atomic mass is 19.1. The lowest BCUT2D eigenvalue weighted by molar-refractivity contribution is 0.0911. The molecule has 1 amide bonds. The van der Waals surface area contributed by atoms with Crippen LogP contribution in [-0.2, 0) is 0 Å². The Hall–Kier alpha value is -1.49. The van der Waals surface area contributed by atoms with Gasteiger partial charge in [0.25, 0.3) is 5.91 Å². The summed E-state index contributed by atoms with van der Waals surface area (Å²) in [4.78, 5) is 11.9. The van der Waals surface area contributed by atoms with Gasteiger partial charge in [0.1, 0.15) is 11.6 Å². The Labute approximate surface area is 105 Å². The smallest absolute Gasteiger partial charge is 0.254 e.